The highest BCUT2D eigenvalue weighted by molar-refractivity contribution is 7.85. The molecule has 0 saturated carbocycles. The summed E-state index contributed by atoms with van der Waals surface area (Å²) in [6.45, 7) is 2.83. The van der Waals surface area contributed by atoms with E-state index in [0.717, 1.165) is 60.6 Å². The zero-order valence-corrected chi connectivity index (χ0v) is 24.0. The second-order valence-electron chi connectivity index (χ2n) is 10.5. The number of nitrogens with one attached hydrogen (secondary N) is 3. The van der Waals surface area contributed by atoms with Gasteiger partial charge in [0.15, 0.2) is 0 Å². The minimum atomic E-state index is -1.14. The second kappa shape index (κ2) is 12.7. The van der Waals surface area contributed by atoms with Crippen molar-refractivity contribution >= 4 is 27.7 Å². The van der Waals surface area contributed by atoms with Crippen LogP contribution in [0.5, 0.6) is 0 Å². The molecular weight excluding hydrogens is 530 g/mol. The topological polar surface area (TPSA) is 98.8 Å². The molecule has 2 atom stereocenters. The van der Waals surface area contributed by atoms with Crippen LogP contribution in [0, 0.1) is 0 Å². The smallest absolute Gasteiger partial charge is 0.121 e. The average Bonchev–Trinajstić information content (AvgIpc) is 3.40. The normalized spacial score (nSPS) is 15.6. The standard InChI is InChI=1S/C32H35N7OS/c1-41(40)38-28-11-6-17-34-29(28)20-33-19-23-13-15-24(16-14-23)21-39(22-31-36-26-9-2-3-10-27(26)37-31)30-12-4-7-25-8-5-18-35-32(25)30/h2-3,5-6,8-11,13-18,30,33,38H,4,7,12,19-22H2,1H3,(H,36,37). The summed E-state index contributed by atoms with van der Waals surface area (Å²) in [6.07, 6.45) is 8.63. The molecule has 9 heteroatoms. The molecule has 0 saturated heterocycles. The third-order valence-electron chi connectivity index (χ3n) is 7.57. The molecule has 0 radical (unpaired) electrons. The van der Waals surface area contributed by atoms with Gasteiger partial charge in [-0.2, -0.15) is 0 Å². The van der Waals surface area contributed by atoms with Gasteiger partial charge in [0.25, 0.3) is 0 Å². The number of aromatic amines is 1. The number of H-pyrrole nitrogens is 1. The molecule has 1 aliphatic rings. The van der Waals surface area contributed by atoms with Crippen molar-refractivity contribution in [3.63, 3.8) is 0 Å². The Morgan fingerprint density at radius 2 is 1.73 bits per heavy atom. The molecule has 8 nitrogen and oxygen atoms in total. The maximum atomic E-state index is 11.6. The van der Waals surface area contributed by atoms with E-state index in [1.54, 1.807) is 12.5 Å². The summed E-state index contributed by atoms with van der Waals surface area (Å²) in [4.78, 5) is 20.2. The summed E-state index contributed by atoms with van der Waals surface area (Å²) in [5, 5.41) is 3.47. The zero-order chi connectivity index (χ0) is 28.0. The summed E-state index contributed by atoms with van der Waals surface area (Å²) >= 11 is 0. The maximum Gasteiger partial charge on any atom is 0.121 e. The number of aromatic nitrogens is 4. The molecule has 0 spiro atoms. The van der Waals surface area contributed by atoms with Gasteiger partial charge in [0, 0.05) is 38.3 Å². The first-order valence-corrected chi connectivity index (χ1v) is 15.6. The molecule has 0 aliphatic heterocycles. The fraction of sp³-hybridized carbons (Fsp3) is 0.281. The minimum absolute atomic E-state index is 0.244. The number of aryl methyl sites for hydroxylation is 1. The van der Waals surface area contributed by atoms with E-state index in [-0.39, 0.29) is 6.04 Å². The molecule has 1 aliphatic carbocycles. The molecule has 41 heavy (non-hydrogen) atoms. The van der Waals surface area contributed by atoms with Gasteiger partial charge in [-0.15, -0.1) is 0 Å². The van der Waals surface area contributed by atoms with Crippen LogP contribution in [-0.2, 0) is 43.6 Å². The van der Waals surface area contributed by atoms with Gasteiger partial charge in [-0.1, -0.05) is 42.5 Å². The fourth-order valence-corrected chi connectivity index (χ4v) is 6.13. The van der Waals surface area contributed by atoms with Crippen molar-refractivity contribution < 1.29 is 4.21 Å². The molecule has 210 valence electrons. The summed E-state index contributed by atoms with van der Waals surface area (Å²) < 4.78 is 14.6. The van der Waals surface area contributed by atoms with E-state index in [1.165, 1.54) is 22.4 Å². The summed E-state index contributed by atoms with van der Waals surface area (Å²) in [5.74, 6) is 0.977. The lowest BCUT2D eigenvalue weighted by Crippen LogP contribution is -2.31. The summed E-state index contributed by atoms with van der Waals surface area (Å²) in [6, 6.07) is 25.3. The predicted octanol–water partition coefficient (Wildman–Crippen LogP) is 5.43. The highest BCUT2D eigenvalue weighted by Gasteiger charge is 2.28. The Balaban J connectivity index is 1.16. The lowest BCUT2D eigenvalue weighted by Gasteiger charge is -2.34. The Hall–Kier alpha value is -3.92. The maximum absolute atomic E-state index is 11.6. The number of benzene rings is 2. The molecule has 2 aromatic carbocycles. The predicted molar refractivity (Wildman–Crippen MR) is 164 cm³/mol. The number of pyridine rings is 2. The molecule has 0 bridgehead atoms. The van der Waals surface area contributed by atoms with Crippen LogP contribution >= 0.6 is 0 Å². The van der Waals surface area contributed by atoms with Crippen LogP contribution in [-0.4, -0.2) is 35.3 Å². The van der Waals surface area contributed by atoms with E-state index in [0.29, 0.717) is 13.1 Å². The number of hydrogen-bond acceptors (Lipinski definition) is 6. The van der Waals surface area contributed by atoms with Gasteiger partial charge in [-0.3, -0.25) is 14.9 Å². The van der Waals surface area contributed by atoms with Crippen LogP contribution in [0.25, 0.3) is 11.0 Å². The van der Waals surface area contributed by atoms with Crippen molar-refractivity contribution in [3.8, 4) is 0 Å². The number of nitrogens with zero attached hydrogens (tertiary/aromatic N) is 4. The van der Waals surface area contributed by atoms with Gasteiger partial charge in [0.05, 0.1) is 40.7 Å². The Kier molecular flexibility index (Phi) is 8.46. The Bertz CT molecular complexity index is 1600. The summed E-state index contributed by atoms with van der Waals surface area (Å²) in [7, 11) is -1.14. The molecule has 3 aromatic heterocycles. The third-order valence-corrected chi connectivity index (χ3v) is 8.08. The molecule has 2 unspecified atom stereocenters. The molecule has 3 N–H and O–H groups in total. The molecule has 6 rings (SSSR count). The zero-order valence-electron chi connectivity index (χ0n) is 23.2. The van der Waals surface area contributed by atoms with E-state index in [9.17, 15) is 4.21 Å². The first kappa shape index (κ1) is 27.3. The molecule has 5 aromatic rings. The molecule has 3 heterocycles. The number of anilines is 1. The number of hydrogen-bond donors (Lipinski definition) is 3. The van der Waals surface area contributed by atoms with Crippen LogP contribution in [0.4, 0.5) is 5.69 Å². The highest BCUT2D eigenvalue weighted by atomic mass is 32.2. The lowest BCUT2D eigenvalue weighted by molar-refractivity contribution is 0.153. The Morgan fingerprint density at radius 3 is 2.59 bits per heavy atom. The van der Waals surface area contributed by atoms with E-state index in [4.69, 9.17) is 9.97 Å². The molecule has 0 fully saturated rings. The van der Waals surface area contributed by atoms with Gasteiger partial charge in [-0.05, 0) is 66.3 Å². The first-order valence-electron chi connectivity index (χ1n) is 14.1. The van der Waals surface area contributed by atoms with Crippen molar-refractivity contribution in [1.82, 2.24) is 30.2 Å². The van der Waals surface area contributed by atoms with E-state index < -0.39 is 11.0 Å². The lowest BCUT2D eigenvalue weighted by atomic mass is 9.90. The fourth-order valence-electron chi connectivity index (χ4n) is 5.64. The molecular formula is C32H35N7OS. The van der Waals surface area contributed by atoms with Crippen molar-refractivity contribution in [2.75, 3.05) is 11.0 Å². The number of rotatable bonds is 11. The van der Waals surface area contributed by atoms with Gasteiger partial charge < -0.3 is 15.0 Å². The van der Waals surface area contributed by atoms with E-state index in [2.05, 4.69) is 67.4 Å². The number of para-hydroxylation sites is 2. The van der Waals surface area contributed by atoms with Crippen molar-refractivity contribution in [1.29, 1.82) is 0 Å². The van der Waals surface area contributed by atoms with Crippen molar-refractivity contribution in [2.24, 2.45) is 0 Å². The third kappa shape index (κ3) is 6.70. The van der Waals surface area contributed by atoms with Crippen LogP contribution in [0.15, 0.2) is 85.2 Å². The van der Waals surface area contributed by atoms with Gasteiger partial charge in [0.2, 0.25) is 0 Å². The number of fused-ring (bicyclic) bond motifs is 2. The quantitative estimate of drug-likeness (QED) is 0.198. The molecule has 0 amide bonds. The van der Waals surface area contributed by atoms with Crippen molar-refractivity contribution in [3.05, 3.63) is 119 Å². The Morgan fingerprint density at radius 1 is 0.927 bits per heavy atom. The first-order chi connectivity index (χ1) is 20.1. The Labute approximate surface area is 243 Å². The SMILES string of the molecule is CS(=O)Nc1cccnc1CNCc1ccc(CN(Cc2nc3ccccc3[nH]2)C2CCCc3cccnc32)cc1. The van der Waals surface area contributed by atoms with Crippen LogP contribution in [0.3, 0.4) is 0 Å². The van der Waals surface area contributed by atoms with Crippen LogP contribution in [0.1, 0.15) is 52.8 Å². The highest BCUT2D eigenvalue weighted by Crippen LogP contribution is 2.34. The largest absolute Gasteiger partial charge is 0.341 e. The van der Waals surface area contributed by atoms with Gasteiger partial charge in [0.1, 0.15) is 16.8 Å². The van der Waals surface area contributed by atoms with E-state index in [1.807, 2.05) is 36.5 Å². The van der Waals surface area contributed by atoms with E-state index >= 15 is 0 Å². The monoisotopic (exact) mass is 565 g/mol. The van der Waals surface area contributed by atoms with Gasteiger partial charge >= 0.3 is 0 Å². The minimum Gasteiger partial charge on any atom is -0.341 e. The van der Waals surface area contributed by atoms with Crippen molar-refractivity contribution in [2.45, 2.75) is 51.5 Å². The summed E-state index contributed by atoms with van der Waals surface area (Å²) in [5.41, 5.74) is 8.72. The second-order valence-corrected chi connectivity index (χ2v) is 11.6. The van der Waals surface area contributed by atoms with Crippen LogP contribution < -0.4 is 10.0 Å². The van der Waals surface area contributed by atoms with Gasteiger partial charge in [-0.25, -0.2) is 9.19 Å². The average molecular weight is 566 g/mol. The van der Waals surface area contributed by atoms with Crippen LogP contribution in [0.2, 0.25) is 0 Å². The number of imidazole rings is 1.